The van der Waals surface area contributed by atoms with Crippen molar-refractivity contribution in [2.45, 2.75) is 58.0 Å². The molecule has 0 unspecified atom stereocenters. The van der Waals surface area contributed by atoms with Gasteiger partial charge in [0.25, 0.3) is 5.91 Å². The van der Waals surface area contributed by atoms with Gasteiger partial charge in [-0.15, -0.1) is 0 Å². The van der Waals surface area contributed by atoms with Crippen LogP contribution in [0.15, 0.2) is 66.9 Å². The number of carbonyl (C=O) groups excluding carboxylic acids is 1. The maximum Gasteiger partial charge on any atom is 0.355 e. The summed E-state index contributed by atoms with van der Waals surface area (Å²) in [6.07, 6.45) is 8.48. The van der Waals surface area contributed by atoms with Crippen LogP contribution in [0.1, 0.15) is 69.6 Å². The van der Waals surface area contributed by atoms with E-state index in [2.05, 4.69) is 33.2 Å². The van der Waals surface area contributed by atoms with E-state index in [1.54, 1.807) is 6.20 Å². The number of fused-ring (bicyclic) bond motifs is 2. The van der Waals surface area contributed by atoms with Crippen molar-refractivity contribution in [3.63, 3.8) is 0 Å². The molecular formula is C36H36N6O3S. The number of hydrogen-bond acceptors (Lipinski definition) is 8. The Morgan fingerprint density at radius 3 is 2.61 bits per heavy atom. The van der Waals surface area contributed by atoms with Crippen molar-refractivity contribution in [2.75, 3.05) is 28.7 Å². The average molecular weight is 633 g/mol. The Hall–Kier alpha value is -4.83. The number of benzene rings is 2. The first-order valence-electron chi connectivity index (χ1n) is 15.8. The van der Waals surface area contributed by atoms with Gasteiger partial charge >= 0.3 is 5.97 Å². The highest BCUT2D eigenvalue weighted by molar-refractivity contribution is 7.22. The molecule has 10 heteroatoms. The van der Waals surface area contributed by atoms with Gasteiger partial charge in [-0.2, -0.15) is 0 Å². The molecule has 1 aliphatic carbocycles. The number of nitrogens with zero attached hydrogens (tertiary/aromatic N) is 5. The Morgan fingerprint density at radius 1 is 0.978 bits per heavy atom. The molecule has 0 atom stereocenters. The zero-order chi connectivity index (χ0) is 31.8. The number of anilines is 3. The van der Waals surface area contributed by atoms with Gasteiger partial charge in [-0.25, -0.2) is 19.7 Å². The number of aromatic nitrogens is 3. The summed E-state index contributed by atoms with van der Waals surface area (Å²) in [5.74, 6) is 0.159. The first-order valence-corrected chi connectivity index (χ1v) is 16.6. The molecule has 4 heterocycles. The van der Waals surface area contributed by atoms with E-state index in [9.17, 15) is 14.7 Å². The van der Waals surface area contributed by atoms with Gasteiger partial charge in [-0.05, 0) is 84.8 Å². The number of nitrogens with one attached hydrogen (secondary N) is 1. The normalized spacial score (nSPS) is 15.0. The number of rotatable bonds is 7. The first kappa shape index (κ1) is 29.9. The average Bonchev–Trinajstić information content (AvgIpc) is 3.50. The van der Waals surface area contributed by atoms with E-state index in [4.69, 9.17) is 9.97 Å². The molecule has 1 fully saturated rings. The van der Waals surface area contributed by atoms with Crippen molar-refractivity contribution in [3.05, 3.63) is 94.8 Å². The fraction of sp³-hybridized carbons (Fsp3) is 0.306. The number of thiazole rings is 1. The second-order valence-corrected chi connectivity index (χ2v) is 13.2. The van der Waals surface area contributed by atoms with Crippen LogP contribution in [0.25, 0.3) is 21.3 Å². The van der Waals surface area contributed by atoms with Crippen LogP contribution in [0.5, 0.6) is 0 Å². The minimum absolute atomic E-state index is 0.00531. The highest BCUT2D eigenvalue weighted by Gasteiger charge is 2.27. The van der Waals surface area contributed by atoms with Crippen molar-refractivity contribution in [2.24, 2.45) is 0 Å². The van der Waals surface area contributed by atoms with E-state index in [1.165, 1.54) is 30.6 Å². The molecule has 1 aliphatic heterocycles. The van der Waals surface area contributed by atoms with Crippen LogP contribution >= 0.6 is 11.3 Å². The molecule has 5 aromatic rings. The molecule has 2 aliphatic rings. The van der Waals surface area contributed by atoms with Gasteiger partial charge in [-0.3, -0.25) is 10.1 Å². The topological polar surface area (TPSA) is 112 Å². The standard InChI is InChI=1S/C36H36N6O3S/c1-22-25(17-19-37-33(22)41(2)24-10-4-3-5-11-24)26-15-16-31(39-32(26)35(44)45)42-20-18-23-9-8-12-27(28(23)21-42)34(43)40-36-38-29-13-6-7-14-30(29)46-36/h6-9,12-17,19,24H,3-5,10-11,18,20-21H2,1-2H3,(H,44,45)(H,38,40,43). The molecule has 0 saturated heterocycles. The third-order valence-corrected chi connectivity index (χ3v) is 10.3. The number of aromatic carboxylic acids is 1. The molecule has 7 rings (SSSR count). The van der Waals surface area contributed by atoms with Gasteiger partial charge < -0.3 is 14.9 Å². The molecule has 3 aromatic heterocycles. The lowest BCUT2D eigenvalue weighted by atomic mass is 9.93. The largest absolute Gasteiger partial charge is 0.476 e. The fourth-order valence-corrected chi connectivity index (χ4v) is 7.76. The van der Waals surface area contributed by atoms with Crippen molar-refractivity contribution >= 4 is 50.2 Å². The summed E-state index contributed by atoms with van der Waals surface area (Å²) in [6.45, 7) is 3.11. The van der Waals surface area contributed by atoms with Crippen molar-refractivity contribution in [1.29, 1.82) is 0 Å². The predicted octanol–water partition coefficient (Wildman–Crippen LogP) is 7.34. The maximum atomic E-state index is 13.5. The van der Waals surface area contributed by atoms with E-state index in [0.29, 0.717) is 47.6 Å². The zero-order valence-electron chi connectivity index (χ0n) is 26.0. The Labute approximate surface area is 272 Å². The quantitative estimate of drug-likeness (QED) is 0.192. The smallest absolute Gasteiger partial charge is 0.355 e. The summed E-state index contributed by atoms with van der Waals surface area (Å²) in [4.78, 5) is 44.4. The van der Waals surface area contributed by atoms with Crippen LogP contribution in [-0.4, -0.2) is 51.6 Å². The minimum Gasteiger partial charge on any atom is -0.476 e. The predicted molar refractivity (Wildman–Crippen MR) is 183 cm³/mol. The van der Waals surface area contributed by atoms with Crippen molar-refractivity contribution < 1.29 is 14.7 Å². The molecule has 2 aromatic carbocycles. The fourth-order valence-electron chi connectivity index (χ4n) is 6.90. The van der Waals surface area contributed by atoms with Gasteiger partial charge in [0.05, 0.1) is 10.2 Å². The number of hydrogen-bond donors (Lipinski definition) is 2. The van der Waals surface area contributed by atoms with E-state index in [1.807, 2.05) is 61.5 Å². The molecule has 9 nitrogen and oxygen atoms in total. The second-order valence-electron chi connectivity index (χ2n) is 12.1. The van der Waals surface area contributed by atoms with E-state index in [-0.39, 0.29) is 11.6 Å². The number of pyridine rings is 2. The van der Waals surface area contributed by atoms with Gasteiger partial charge in [0.2, 0.25) is 0 Å². The second kappa shape index (κ2) is 12.5. The third kappa shape index (κ3) is 5.69. The Balaban J connectivity index is 1.16. The Bertz CT molecular complexity index is 1920. The lowest BCUT2D eigenvalue weighted by molar-refractivity contribution is 0.0691. The summed E-state index contributed by atoms with van der Waals surface area (Å²) >= 11 is 1.44. The summed E-state index contributed by atoms with van der Waals surface area (Å²) in [5, 5.41) is 13.9. The molecular weight excluding hydrogens is 597 g/mol. The third-order valence-electron chi connectivity index (χ3n) is 9.36. The van der Waals surface area contributed by atoms with Crippen LogP contribution < -0.4 is 15.1 Å². The number of carbonyl (C=O) groups is 2. The highest BCUT2D eigenvalue weighted by Crippen LogP contribution is 2.35. The van der Waals surface area contributed by atoms with E-state index < -0.39 is 5.97 Å². The lowest BCUT2D eigenvalue weighted by Crippen LogP contribution is -2.34. The summed E-state index contributed by atoms with van der Waals surface area (Å²) in [6, 6.07) is 19.7. The summed E-state index contributed by atoms with van der Waals surface area (Å²) in [7, 11) is 2.09. The summed E-state index contributed by atoms with van der Waals surface area (Å²) in [5.41, 5.74) is 5.79. The number of carboxylic acid groups (broad SMARTS) is 1. The van der Waals surface area contributed by atoms with E-state index in [0.717, 1.165) is 51.1 Å². The minimum atomic E-state index is -1.08. The first-order chi connectivity index (χ1) is 22.4. The summed E-state index contributed by atoms with van der Waals surface area (Å²) < 4.78 is 1.01. The molecule has 234 valence electrons. The zero-order valence-corrected chi connectivity index (χ0v) is 26.8. The number of carboxylic acids is 1. The van der Waals surface area contributed by atoms with Crippen LogP contribution in [0, 0.1) is 6.92 Å². The van der Waals surface area contributed by atoms with Gasteiger partial charge in [0.1, 0.15) is 11.6 Å². The highest BCUT2D eigenvalue weighted by atomic mass is 32.1. The van der Waals surface area contributed by atoms with Crippen molar-refractivity contribution in [3.8, 4) is 11.1 Å². The molecule has 0 spiro atoms. The van der Waals surface area contributed by atoms with Crippen molar-refractivity contribution in [1.82, 2.24) is 15.0 Å². The van der Waals surface area contributed by atoms with Crippen LogP contribution in [0.3, 0.4) is 0 Å². The van der Waals surface area contributed by atoms with Crippen LogP contribution in [-0.2, 0) is 13.0 Å². The van der Waals surface area contributed by atoms with Gasteiger partial charge in [0.15, 0.2) is 10.8 Å². The SMILES string of the molecule is Cc1c(-c2ccc(N3CCc4cccc(C(=O)Nc5nc6ccccc6s5)c4C3)nc2C(=O)O)ccnc1N(C)C1CCCCC1. The molecule has 2 N–H and O–H groups in total. The van der Waals surface area contributed by atoms with Gasteiger partial charge in [-0.1, -0.05) is 54.9 Å². The Morgan fingerprint density at radius 2 is 1.80 bits per heavy atom. The van der Waals surface area contributed by atoms with E-state index >= 15 is 0 Å². The maximum absolute atomic E-state index is 13.5. The molecule has 46 heavy (non-hydrogen) atoms. The van der Waals surface area contributed by atoms with Crippen LogP contribution in [0.4, 0.5) is 16.8 Å². The monoisotopic (exact) mass is 632 g/mol. The molecule has 1 amide bonds. The Kier molecular flexibility index (Phi) is 8.12. The molecule has 0 bridgehead atoms. The van der Waals surface area contributed by atoms with Gasteiger partial charge in [0, 0.05) is 43.5 Å². The molecule has 1 saturated carbocycles. The number of amides is 1. The lowest BCUT2D eigenvalue weighted by Gasteiger charge is -2.33. The number of para-hydroxylation sites is 1. The molecule has 0 radical (unpaired) electrons. The van der Waals surface area contributed by atoms with Crippen LogP contribution in [0.2, 0.25) is 0 Å².